The maximum atomic E-state index is 13.1. The average Bonchev–Trinajstić information content (AvgIpc) is 2.55. The topological polar surface area (TPSA) is 75.1 Å². The Morgan fingerprint density at radius 1 is 1.12 bits per heavy atom. The van der Waals surface area contributed by atoms with Crippen molar-refractivity contribution in [3.63, 3.8) is 0 Å². The molecule has 0 atom stereocenters. The molecule has 1 heterocycles. The fourth-order valence-electron chi connectivity index (χ4n) is 2.34. The van der Waals surface area contributed by atoms with E-state index in [1.807, 2.05) is 0 Å². The standard InChI is InChI=1S/C17H11BrF3N3O2/c18-10-3-6-13-12(8-10)15(24-16(23-13)17(19,20)21)22-11-4-1-9(2-5-11)7-14(25)26/h1-6,8H,7H2,(H,25,26)(H,22,23,24). The van der Waals surface area contributed by atoms with Crippen LogP contribution in [0.3, 0.4) is 0 Å². The number of aromatic nitrogens is 2. The van der Waals surface area contributed by atoms with Crippen LogP contribution in [0.25, 0.3) is 10.9 Å². The predicted molar refractivity (Wildman–Crippen MR) is 93.3 cm³/mol. The second-order valence-electron chi connectivity index (χ2n) is 5.45. The van der Waals surface area contributed by atoms with Crippen molar-refractivity contribution >= 4 is 44.3 Å². The van der Waals surface area contributed by atoms with Crippen molar-refractivity contribution in [3.8, 4) is 0 Å². The Kier molecular flexibility index (Phi) is 4.82. The van der Waals surface area contributed by atoms with Crippen molar-refractivity contribution in [3.05, 3.63) is 58.3 Å². The molecule has 5 nitrogen and oxygen atoms in total. The Morgan fingerprint density at radius 3 is 2.42 bits per heavy atom. The van der Waals surface area contributed by atoms with Crippen LogP contribution in [0.15, 0.2) is 46.9 Å². The molecule has 0 amide bonds. The monoisotopic (exact) mass is 425 g/mol. The number of rotatable bonds is 4. The van der Waals surface area contributed by atoms with Crippen LogP contribution < -0.4 is 5.32 Å². The molecule has 0 aliphatic heterocycles. The summed E-state index contributed by atoms with van der Waals surface area (Å²) < 4.78 is 39.9. The van der Waals surface area contributed by atoms with Crippen LogP contribution in [0.4, 0.5) is 24.7 Å². The van der Waals surface area contributed by atoms with Gasteiger partial charge in [0.1, 0.15) is 5.82 Å². The minimum absolute atomic E-state index is 0.00890. The van der Waals surface area contributed by atoms with Gasteiger partial charge in [0, 0.05) is 15.5 Å². The largest absolute Gasteiger partial charge is 0.481 e. The number of nitrogens with one attached hydrogen (secondary N) is 1. The van der Waals surface area contributed by atoms with Crippen LogP contribution in [-0.4, -0.2) is 21.0 Å². The third-order valence-corrected chi connectivity index (χ3v) is 3.98. The number of aliphatic carboxylic acids is 1. The molecular formula is C17H11BrF3N3O2. The van der Waals surface area contributed by atoms with Gasteiger partial charge < -0.3 is 10.4 Å². The number of carbonyl (C=O) groups is 1. The van der Waals surface area contributed by atoms with Gasteiger partial charge in [0.15, 0.2) is 0 Å². The van der Waals surface area contributed by atoms with Crippen molar-refractivity contribution in [1.82, 2.24) is 9.97 Å². The molecule has 0 saturated carbocycles. The van der Waals surface area contributed by atoms with Crippen LogP contribution in [-0.2, 0) is 17.4 Å². The van der Waals surface area contributed by atoms with Crippen LogP contribution in [0.2, 0.25) is 0 Å². The van der Waals surface area contributed by atoms with E-state index in [0.29, 0.717) is 21.1 Å². The van der Waals surface area contributed by atoms with Crippen molar-refractivity contribution in [2.24, 2.45) is 0 Å². The summed E-state index contributed by atoms with van der Waals surface area (Å²) in [5.74, 6) is -2.20. The molecule has 26 heavy (non-hydrogen) atoms. The maximum Gasteiger partial charge on any atom is 0.451 e. The lowest BCUT2D eigenvalue weighted by molar-refractivity contribution is -0.144. The first-order valence-electron chi connectivity index (χ1n) is 7.34. The summed E-state index contributed by atoms with van der Waals surface area (Å²) in [6, 6.07) is 11.0. The highest BCUT2D eigenvalue weighted by Gasteiger charge is 2.35. The summed E-state index contributed by atoms with van der Waals surface area (Å²) in [5.41, 5.74) is 1.21. The molecule has 2 aromatic carbocycles. The summed E-state index contributed by atoms with van der Waals surface area (Å²) in [6.07, 6.45) is -4.81. The molecule has 0 radical (unpaired) electrons. The number of halogens is 4. The summed E-state index contributed by atoms with van der Waals surface area (Å²) in [5, 5.41) is 12.0. The first-order valence-corrected chi connectivity index (χ1v) is 8.14. The normalized spacial score (nSPS) is 11.5. The molecule has 3 rings (SSSR count). The number of hydrogen-bond donors (Lipinski definition) is 2. The lowest BCUT2D eigenvalue weighted by Crippen LogP contribution is -2.12. The fraction of sp³-hybridized carbons (Fsp3) is 0.118. The fourth-order valence-corrected chi connectivity index (χ4v) is 2.70. The second-order valence-corrected chi connectivity index (χ2v) is 6.36. The van der Waals surface area contributed by atoms with Gasteiger partial charge >= 0.3 is 12.1 Å². The lowest BCUT2D eigenvalue weighted by Gasteiger charge is -2.13. The molecule has 3 aromatic rings. The summed E-state index contributed by atoms with van der Waals surface area (Å²) >= 11 is 3.28. The Bertz CT molecular complexity index is 975. The molecule has 0 unspecified atom stereocenters. The SMILES string of the molecule is O=C(O)Cc1ccc(Nc2nc(C(F)(F)F)nc3ccc(Br)cc23)cc1. The van der Waals surface area contributed by atoms with Gasteiger partial charge in [0.2, 0.25) is 5.82 Å². The highest BCUT2D eigenvalue weighted by molar-refractivity contribution is 9.10. The van der Waals surface area contributed by atoms with E-state index in [9.17, 15) is 18.0 Å². The minimum atomic E-state index is -4.68. The van der Waals surface area contributed by atoms with E-state index < -0.39 is 18.0 Å². The van der Waals surface area contributed by atoms with Crippen molar-refractivity contribution < 1.29 is 23.1 Å². The molecule has 0 aliphatic carbocycles. The number of nitrogens with zero attached hydrogens (tertiary/aromatic N) is 2. The number of carboxylic acids is 1. The zero-order chi connectivity index (χ0) is 18.9. The molecule has 2 N–H and O–H groups in total. The first kappa shape index (κ1) is 18.1. The van der Waals surface area contributed by atoms with E-state index >= 15 is 0 Å². The summed E-state index contributed by atoms with van der Waals surface area (Å²) in [6.45, 7) is 0. The van der Waals surface area contributed by atoms with E-state index in [-0.39, 0.29) is 17.8 Å². The van der Waals surface area contributed by atoms with E-state index in [0.717, 1.165) is 0 Å². The molecule has 0 aliphatic rings. The zero-order valence-electron chi connectivity index (χ0n) is 13.0. The number of carboxylic acid groups (broad SMARTS) is 1. The Hall–Kier alpha value is -2.68. The van der Waals surface area contributed by atoms with Crippen molar-refractivity contribution in [1.29, 1.82) is 0 Å². The van der Waals surface area contributed by atoms with Crippen molar-refractivity contribution in [2.75, 3.05) is 5.32 Å². The second kappa shape index (κ2) is 6.91. The lowest BCUT2D eigenvalue weighted by atomic mass is 10.1. The molecule has 0 saturated heterocycles. The molecule has 1 aromatic heterocycles. The van der Waals surface area contributed by atoms with E-state index in [1.54, 1.807) is 36.4 Å². The van der Waals surface area contributed by atoms with Crippen LogP contribution >= 0.6 is 15.9 Å². The van der Waals surface area contributed by atoms with Gasteiger partial charge in [-0.1, -0.05) is 28.1 Å². The first-order chi connectivity index (χ1) is 12.2. The Morgan fingerprint density at radius 2 is 1.81 bits per heavy atom. The zero-order valence-corrected chi connectivity index (χ0v) is 14.6. The van der Waals surface area contributed by atoms with Gasteiger partial charge in [-0.05, 0) is 35.9 Å². The molecule has 0 fully saturated rings. The Balaban J connectivity index is 2.02. The maximum absolute atomic E-state index is 13.1. The molecular weight excluding hydrogens is 415 g/mol. The molecule has 134 valence electrons. The van der Waals surface area contributed by atoms with Crippen LogP contribution in [0.5, 0.6) is 0 Å². The van der Waals surface area contributed by atoms with E-state index in [4.69, 9.17) is 5.11 Å². The van der Waals surface area contributed by atoms with E-state index in [1.165, 1.54) is 6.07 Å². The van der Waals surface area contributed by atoms with Crippen LogP contribution in [0.1, 0.15) is 11.4 Å². The number of benzene rings is 2. The molecule has 9 heteroatoms. The minimum Gasteiger partial charge on any atom is -0.481 e. The predicted octanol–water partition coefficient (Wildman–Crippen LogP) is 4.78. The molecule has 0 spiro atoms. The van der Waals surface area contributed by atoms with Gasteiger partial charge in [0.25, 0.3) is 0 Å². The highest BCUT2D eigenvalue weighted by Crippen LogP contribution is 2.32. The van der Waals surface area contributed by atoms with Gasteiger partial charge in [-0.25, -0.2) is 9.97 Å². The quantitative estimate of drug-likeness (QED) is 0.628. The third-order valence-electron chi connectivity index (χ3n) is 3.48. The van der Waals surface area contributed by atoms with Gasteiger partial charge in [-0.2, -0.15) is 13.2 Å². The van der Waals surface area contributed by atoms with Gasteiger partial charge in [-0.3, -0.25) is 4.79 Å². The van der Waals surface area contributed by atoms with E-state index in [2.05, 4.69) is 31.2 Å². The third kappa shape index (κ3) is 4.10. The number of anilines is 2. The van der Waals surface area contributed by atoms with Crippen LogP contribution in [0, 0.1) is 0 Å². The highest BCUT2D eigenvalue weighted by atomic mass is 79.9. The average molecular weight is 426 g/mol. The van der Waals surface area contributed by atoms with Crippen molar-refractivity contribution in [2.45, 2.75) is 12.6 Å². The number of alkyl halides is 3. The van der Waals surface area contributed by atoms with Gasteiger partial charge in [-0.15, -0.1) is 0 Å². The van der Waals surface area contributed by atoms with Gasteiger partial charge in [0.05, 0.1) is 11.9 Å². The number of fused-ring (bicyclic) bond motifs is 1. The number of hydrogen-bond acceptors (Lipinski definition) is 4. The summed E-state index contributed by atoms with van der Waals surface area (Å²) in [7, 11) is 0. The smallest absolute Gasteiger partial charge is 0.451 e. The Labute approximate surface area is 154 Å². The summed E-state index contributed by atoms with van der Waals surface area (Å²) in [4.78, 5) is 17.9. The molecule has 0 bridgehead atoms.